The van der Waals surface area contributed by atoms with Gasteiger partial charge in [0.15, 0.2) is 0 Å². The van der Waals surface area contributed by atoms with Crippen molar-refractivity contribution >= 4 is 45.4 Å². The summed E-state index contributed by atoms with van der Waals surface area (Å²) in [6.07, 6.45) is 3.74. The van der Waals surface area contributed by atoms with Gasteiger partial charge in [-0.25, -0.2) is 5.43 Å². The third-order valence-electron chi connectivity index (χ3n) is 5.47. The molecule has 4 nitrogen and oxygen atoms in total. The fraction of sp³-hybridized carbons (Fsp3) is 0.0370. The highest BCUT2D eigenvalue weighted by molar-refractivity contribution is 6.30. The van der Waals surface area contributed by atoms with E-state index in [4.69, 9.17) is 11.6 Å². The number of aromatic nitrogens is 1. The summed E-state index contributed by atoms with van der Waals surface area (Å²) in [4.78, 5) is 12.6. The Morgan fingerprint density at radius 3 is 2.50 bits per heavy atom. The van der Waals surface area contributed by atoms with Crippen molar-refractivity contribution in [2.45, 2.75) is 6.54 Å². The van der Waals surface area contributed by atoms with Crippen LogP contribution in [0.4, 0.5) is 0 Å². The van der Waals surface area contributed by atoms with Crippen LogP contribution < -0.4 is 5.43 Å². The largest absolute Gasteiger partial charge is 0.342 e. The van der Waals surface area contributed by atoms with Crippen LogP contribution in [-0.4, -0.2) is 16.7 Å². The van der Waals surface area contributed by atoms with E-state index >= 15 is 0 Å². The Morgan fingerprint density at radius 2 is 1.66 bits per heavy atom. The molecule has 0 fully saturated rings. The van der Waals surface area contributed by atoms with Gasteiger partial charge in [0.2, 0.25) is 0 Å². The topological polar surface area (TPSA) is 46.4 Å². The second-order valence-electron chi connectivity index (χ2n) is 7.62. The van der Waals surface area contributed by atoms with E-state index in [1.807, 2.05) is 85.1 Å². The van der Waals surface area contributed by atoms with Crippen LogP contribution in [0, 0.1) is 0 Å². The number of hydrogen-bond acceptors (Lipinski definition) is 2. The molecule has 5 heteroatoms. The minimum absolute atomic E-state index is 0.239. The van der Waals surface area contributed by atoms with Crippen LogP contribution >= 0.6 is 11.6 Å². The highest BCUT2D eigenvalue weighted by Crippen LogP contribution is 2.22. The Hall–Kier alpha value is -3.89. The van der Waals surface area contributed by atoms with Gasteiger partial charge in [0, 0.05) is 39.8 Å². The van der Waals surface area contributed by atoms with Crippen LogP contribution in [0.15, 0.2) is 102 Å². The van der Waals surface area contributed by atoms with E-state index in [1.54, 1.807) is 6.21 Å². The van der Waals surface area contributed by atoms with Crippen molar-refractivity contribution in [3.05, 3.63) is 119 Å². The number of hydrogen-bond donors (Lipinski definition) is 1. The zero-order valence-corrected chi connectivity index (χ0v) is 18.0. The molecule has 5 rings (SSSR count). The van der Waals surface area contributed by atoms with Crippen molar-refractivity contribution in [2.24, 2.45) is 5.10 Å². The summed E-state index contributed by atoms with van der Waals surface area (Å²) in [5.41, 5.74) is 6.42. The van der Waals surface area contributed by atoms with Gasteiger partial charge in [0.1, 0.15) is 0 Å². The lowest BCUT2D eigenvalue weighted by Crippen LogP contribution is -2.17. The third-order valence-corrected chi connectivity index (χ3v) is 5.72. The average molecular weight is 438 g/mol. The Labute approximate surface area is 190 Å². The summed E-state index contributed by atoms with van der Waals surface area (Å²) in [5, 5.41) is 8.14. The number of carbonyl (C=O) groups is 1. The van der Waals surface area contributed by atoms with Crippen LogP contribution in [0.3, 0.4) is 0 Å². The quantitative estimate of drug-likeness (QED) is 0.256. The Kier molecular flexibility index (Phi) is 5.44. The first-order valence-corrected chi connectivity index (χ1v) is 10.7. The number of carbonyl (C=O) groups excluding carboxylic acids is 1. The molecule has 0 unspecified atom stereocenters. The molecule has 0 aliphatic rings. The molecular weight excluding hydrogens is 418 g/mol. The Bertz CT molecular complexity index is 1450. The van der Waals surface area contributed by atoms with Gasteiger partial charge in [-0.15, -0.1) is 0 Å². The fourth-order valence-electron chi connectivity index (χ4n) is 3.85. The molecule has 0 bridgehead atoms. The number of amides is 1. The second-order valence-corrected chi connectivity index (χ2v) is 8.05. The number of benzene rings is 4. The SMILES string of the molecule is O=C(N/N=C\c1cn(Cc2ccc(Cl)cc2)c2ccccc12)c1ccc2ccccc2c1. The third kappa shape index (κ3) is 4.13. The van der Waals surface area contributed by atoms with E-state index < -0.39 is 0 Å². The van der Waals surface area contributed by atoms with Gasteiger partial charge in [-0.1, -0.05) is 72.3 Å². The smallest absolute Gasteiger partial charge is 0.271 e. The summed E-state index contributed by atoms with van der Waals surface area (Å²) < 4.78 is 2.17. The maximum absolute atomic E-state index is 12.6. The Morgan fingerprint density at radius 1 is 0.906 bits per heavy atom. The molecular formula is C27H20ClN3O. The van der Waals surface area contributed by atoms with Crippen LogP contribution in [0.5, 0.6) is 0 Å². The predicted molar refractivity (Wildman–Crippen MR) is 132 cm³/mol. The standard InChI is InChI=1S/C27H20ClN3O/c28-24-13-9-19(10-14-24)17-31-18-23(25-7-3-4-8-26(25)31)16-29-30-27(32)22-12-11-20-5-1-2-6-21(20)15-22/h1-16,18H,17H2,(H,30,32)/b29-16-. The maximum Gasteiger partial charge on any atom is 0.271 e. The molecule has 156 valence electrons. The number of para-hydroxylation sites is 1. The number of nitrogens with one attached hydrogen (secondary N) is 1. The number of fused-ring (bicyclic) bond motifs is 2. The van der Waals surface area contributed by atoms with E-state index in [9.17, 15) is 4.79 Å². The van der Waals surface area contributed by atoms with Crippen LogP contribution in [-0.2, 0) is 6.54 Å². The van der Waals surface area contributed by atoms with Gasteiger partial charge >= 0.3 is 0 Å². The monoisotopic (exact) mass is 437 g/mol. The molecule has 1 amide bonds. The molecule has 32 heavy (non-hydrogen) atoms. The van der Waals surface area contributed by atoms with Gasteiger partial charge in [-0.2, -0.15) is 5.10 Å². The molecule has 0 radical (unpaired) electrons. The van der Waals surface area contributed by atoms with Gasteiger partial charge in [-0.3, -0.25) is 4.79 Å². The zero-order valence-electron chi connectivity index (χ0n) is 17.2. The maximum atomic E-state index is 12.6. The minimum Gasteiger partial charge on any atom is -0.342 e. The van der Waals surface area contributed by atoms with E-state index in [0.29, 0.717) is 5.56 Å². The van der Waals surface area contributed by atoms with E-state index in [1.165, 1.54) is 0 Å². The van der Waals surface area contributed by atoms with Crippen molar-refractivity contribution in [1.29, 1.82) is 0 Å². The molecule has 0 atom stereocenters. The van der Waals surface area contributed by atoms with E-state index in [2.05, 4.69) is 27.2 Å². The van der Waals surface area contributed by atoms with Gasteiger partial charge in [0.25, 0.3) is 5.91 Å². The molecule has 0 spiro atoms. The molecule has 0 saturated heterocycles. The minimum atomic E-state index is -0.239. The van der Waals surface area contributed by atoms with E-state index in [0.717, 1.165) is 44.4 Å². The van der Waals surface area contributed by atoms with Crippen LogP contribution in [0.2, 0.25) is 5.02 Å². The number of hydrazone groups is 1. The lowest BCUT2D eigenvalue weighted by molar-refractivity contribution is 0.0955. The predicted octanol–water partition coefficient (Wildman–Crippen LogP) is 6.26. The molecule has 1 aromatic heterocycles. The summed E-state index contributed by atoms with van der Waals surface area (Å²) in [7, 11) is 0. The molecule has 0 aliphatic carbocycles. The van der Waals surface area contributed by atoms with E-state index in [-0.39, 0.29) is 5.91 Å². The summed E-state index contributed by atoms with van der Waals surface area (Å²) in [6, 6.07) is 29.6. The highest BCUT2D eigenvalue weighted by Gasteiger charge is 2.08. The summed E-state index contributed by atoms with van der Waals surface area (Å²) >= 11 is 6.01. The molecule has 4 aromatic carbocycles. The molecule has 5 aromatic rings. The van der Waals surface area contributed by atoms with Crippen molar-refractivity contribution in [1.82, 2.24) is 9.99 Å². The molecule has 1 N–H and O–H groups in total. The first kappa shape index (κ1) is 20.0. The van der Waals surface area contributed by atoms with Crippen LogP contribution in [0.25, 0.3) is 21.7 Å². The van der Waals surface area contributed by atoms with Crippen molar-refractivity contribution in [2.75, 3.05) is 0 Å². The summed E-state index contributed by atoms with van der Waals surface area (Å²) in [6.45, 7) is 0.717. The van der Waals surface area contributed by atoms with Crippen LogP contribution in [0.1, 0.15) is 21.5 Å². The molecule has 0 saturated carbocycles. The number of halogens is 1. The summed E-state index contributed by atoms with van der Waals surface area (Å²) in [5.74, 6) is -0.239. The van der Waals surface area contributed by atoms with Crippen molar-refractivity contribution < 1.29 is 4.79 Å². The second kappa shape index (κ2) is 8.69. The van der Waals surface area contributed by atoms with Crippen molar-refractivity contribution in [3.8, 4) is 0 Å². The Balaban J connectivity index is 1.37. The number of rotatable bonds is 5. The average Bonchev–Trinajstić information content (AvgIpc) is 3.17. The fourth-order valence-corrected chi connectivity index (χ4v) is 3.98. The zero-order chi connectivity index (χ0) is 21.9. The first-order chi connectivity index (χ1) is 15.7. The normalized spacial score (nSPS) is 11.4. The highest BCUT2D eigenvalue weighted by atomic mass is 35.5. The van der Waals surface area contributed by atoms with Gasteiger partial charge in [-0.05, 0) is 46.7 Å². The molecule has 0 aliphatic heterocycles. The first-order valence-electron chi connectivity index (χ1n) is 10.3. The van der Waals surface area contributed by atoms with Crippen molar-refractivity contribution in [3.63, 3.8) is 0 Å². The number of nitrogens with zero attached hydrogens (tertiary/aromatic N) is 2. The lowest BCUT2D eigenvalue weighted by atomic mass is 10.1. The lowest BCUT2D eigenvalue weighted by Gasteiger charge is -2.05. The van der Waals surface area contributed by atoms with Gasteiger partial charge < -0.3 is 4.57 Å². The van der Waals surface area contributed by atoms with Gasteiger partial charge in [0.05, 0.1) is 6.21 Å². The molecule has 1 heterocycles.